The molecule has 0 saturated carbocycles. The SMILES string of the molecule is COCCSc1nnc(NC(=O)CSc2nnc(-c3ccccc3)n2-c2ccccc2)s1. The van der Waals surface area contributed by atoms with E-state index in [4.69, 9.17) is 4.74 Å². The van der Waals surface area contributed by atoms with E-state index in [1.165, 1.54) is 23.1 Å². The second-order valence-corrected chi connectivity index (χ2v) is 9.66. The Balaban J connectivity index is 1.45. The minimum atomic E-state index is -0.177. The third-order valence-electron chi connectivity index (χ3n) is 4.18. The van der Waals surface area contributed by atoms with E-state index < -0.39 is 0 Å². The van der Waals surface area contributed by atoms with Gasteiger partial charge in [-0.1, -0.05) is 83.4 Å². The number of methoxy groups -OCH3 is 1. The number of ether oxygens (including phenoxy) is 1. The molecule has 0 aliphatic rings. The van der Waals surface area contributed by atoms with Crippen LogP contribution >= 0.6 is 34.9 Å². The van der Waals surface area contributed by atoms with Gasteiger partial charge in [-0.2, -0.15) is 0 Å². The average Bonchev–Trinajstić information content (AvgIpc) is 3.46. The van der Waals surface area contributed by atoms with Crippen LogP contribution in [0.4, 0.5) is 5.13 Å². The smallest absolute Gasteiger partial charge is 0.236 e. The summed E-state index contributed by atoms with van der Waals surface area (Å²) in [7, 11) is 1.66. The van der Waals surface area contributed by atoms with E-state index in [0.717, 1.165) is 27.2 Å². The lowest BCUT2D eigenvalue weighted by molar-refractivity contribution is -0.113. The third-order valence-corrected chi connectivity index (χ3v) is 7.04. The van der Waals surface area contributed by atoms with Gasteiger partial charge < -0.3 is 4.74 Å². The second kappa shape index (κ2) is 11.2. The Kier molecular flexibility index (Phi) is 7.88. The van der Waals surface area contributed by atoms with Crippen molar-refractivity contribution in [1.29, 1.82) is 0 Å². The Hall–Kier alpha value is -2.73. The summed E-state index contributed by atoms with van der Waals surface area (Å²) in [5.74, 6) is 1.50. The first-order valence-electron chi connectivity index (χ1n) is 9.69. The Morgan fingerprint density at radius 2 is 1.75 bits per heavy atom. The summed E-state index contributed by atoms with van der Waals surface area (Å²) in [6, 6.07) is 19.7. The molecule has 0 radical (unpaired) electrons. The van der Waals surface area contributed by atoms with Gasteiger partial charge in [-0.25, -0.2) is 0 Å². The average molecular weight is 485 g/mol. The van der Waals surface area contributed by atoms with Crippen molar-refractivity contribution in [2.45, 2.75) is 9.50 Å². The van der Waals surface area contributed by atoms with Gasteiger partial charge in [0.1, 0.15) is 0 Å². The molecule has 0 unspecified atom stereocenters. The van der Waals surface area contributed by atoms with E-state index in [1.807, 2.05) is 65.2 Å². The summed E-state index contributed by atoms with van der Waals surface area (Å²) in [4.78, 5) is 12.5. The number of carbonyl (C=O) groups is 1. The summed E-state index contributed by atoms with van der Waals surface area (Å²) < 4.78 is 7.78. The Morgan fingerprint density at radius 3 is 2.50 bits per heavy atom. The number of hydrogen-bond donors (Lipinski definition) is 1. The van der Waals surface area contributed by atoms with Gasteiger partial charge in [0, 0.05) is 24.1 Å². The lowest BCUT2D eigenvalue weighted by Crippen LogP contribution is -2.14. The Labute approximate surface area is 197 Å². The van der Waals surface area contributed by atoms with E-state index in [-0.39, 0.29) is 11.7 Å². The number of hydrogen-bond acceptors (Lipinski definition) is 9. The summed E-state index contributed by atoms with van der Waals surface area (Å²) in [5.41, 5.74) is 1.88. The molecule has 11 heteroatoms. The monoisotopic (exact) mass is 484 g/mol. The Morgan fingerprint density at radius 1 is 1.00 bits per heavy atom. The molecular formula is C21H20N6O2S3. The fourth-order valence-corrected chi connectivity index (χ4v) is 5.25. The molecule has 4 rings (SSSR count). The standard InChI is InChI=1S/C21H20N6O2S3/c1-29-12-13-30-21-26-24-19(32-21)22-17(28)14-31-20-25-23-18(15-8-4-2-5-9-15)27(20)16-10-6-3-7-11-16/h2-11H,12-14H2,1H3,(H,22,24,28). The molecule has 1 N–H and O–H groups in total. The molecule has 2 aromatic heterocycles. The number of carbonyl (C=O) groups excluding carboxylic acids is 1. The first kappa shape index (κ1) is 22.5. The van der Waals surface area contributed by atoms with Crippen LogP contribution in [0, 0.1) is 0 Å². The van der Waals surface area contributed by atoms with E-state index in [0.29, 0.717) is 16.9 Å². The summed E-state index contributed by atoms with van der Waals surface area (Å²) >= 11 is 4.21. The van der Waals surface area contributed by atoms with Gasteiger partial charge in [-0.15, -0.1) is 20.4 Å². The van der Waals surface area contributed by atoms with E-state index in [1.54, 1.807) is 18.9 Å². The number of para-hydroxylation sites is 1. The first-order chi connectivity index (χ1) is 15.7. The van der Waals surface area contributed by atoms with Crippen molar-refractivity contribution in [1.82, 2.24) is 25.0 Å². The van der Waals surface area contributed by atoms with Crippen molar-refractivity contribution in [3.63, 3.8) is 0 Å². The van der Waals surface area contributed by atoms with Crippen LogP contribution in [0.1, 0.15) is 0 Å². The van der Waals surface area contributed by atoms with E-state index in [2.05, 4.69) is 25.7 Å². The van der Waals surface area contributed by atoms with Gasteiger partial charge in [-0.3, -0.25) is 14.7 Å². The zero-order valence-electron chi connectivity index (χ0n) is 17.2. The van der Waals surface area contributed by atoms with Crippen molar-refractivity contribution in [3.05, 3.63) is 60.7 Å². The Bertz CT molecular complexity index is 1150. The number of rotatable bonds is 10. The van der Waals surface area contributed by atoms with Crippen LogP contribution in [0.15, 0.2) is 70.2 Å². The van der Waals surface area contributed by atoms with Gasteiger partial charge in [-0.05, 0) is 12.1 Å². The summed E-state index contributed by atoms with van der Waals surface area (Å²) in [6.45, 7) is 0.635. The molecule has 8 nitrogen and oxygen atoms in total. The van der Waals surface area contributed by atoms with Crippen LogP contribution in [0.3, 0.4) is 0 Å². The molecule has 0 aliphatic carbocycles. The molecule has 0 saturated heterocycles. The quantitative estimate of drug-likeness (QED) is 0.203. The summed E-state index contributed by atoms with van der Waals surface area (Å²) in [5, 5.41) is 20.8. The number of nitrogens with one attached hydrogen (secondary N) is 1. The van der Waals surface area contributed by atoms with Crippen LogP contribution in [0.2, 0.25) is 0 Å². The van der Waals surface area contributed by atoms with Crippen LogP contribution in [-0.2, 0) is 9.53 Å². The molecule has 164 valence electrons. The molecule has 4 aromatic rings. The van der Waals surface area contributed by atoms with E-state index >= 15 is 0 Å². The maximum Gasteiger partial charge on any atom is 0.236 e. The summed E-state index contributed by atoms with van der Waals surface area (Å²) in [6.07, 6.45) is 0. The van der Waals surface area contributed by atoms with Crippen LogP contribution in [-0.4, -0.2) is 56.1 Å². The van der Waals surface area contributed by atoms with Gasteiger partial charge in [0.15, 0.2) is 15.3 Å². The first-order valence-corrected chi connectivity index (χ1v) is 12.5. The van der Waals surface area contributed by atoms with Crippen LogP contribution in [0.25, 0.3) is 17.1 Å². The van der Waals surface area contributed by atoms with Gasteiger partial charge in [0.25, 0.3) is 0 Å². The van der Waals surface area contributed by atoms with Crippen LogP contribution < -0.4 is 5.32 Å². The maximum atomic E-state index is 12.5. The molecule has 0 aliphatic heterocycles. The fraction of sp³-hybridized carbons (Fsp3) is 0.190. The number of amides is 1. The van der Waals surface area contributed by atoms with Crippen molar-refractivity contribution in [2.75, 3.05) is 30.5 Å². The predicted octanol–water partition coefficient (Wildman–Crippen LogP) is 4.26. The molecule has 0 spiro atoms. The topological polar surface area (TPSA) is 94.8 Å². The highest BCUT2D eigenvalue weighted by molar-refractivity contribution is 8.01. The molecular weight excluding hydrogens is 464 g/mol. The van der Waals surface area contributed by atoms with Crippen molar-refractivity contribution >= 4 is 45.9 Å². The highest BCUT2D eigenvalue weighted by atomic mass is 32.2. The minimum Gasteiger partial charge on any atom is -0.384 e. The molecule has 0 bridgehead atoms. The number of aromatic nitrogens is 5. The molecule has 32 heavy (non-hydrogen) atoms. The lowest BCUT2D eigenvalue weighted by Gasteiger charge is -2.10. The zero-order valence-corrected chi connectivity index (χ0v) is 19.6. The van der Waals surface area contributed by atoms with Crippen LogP contribution in [0.5, 0.6) is 0 Å². The number of thioether (sulfide) groups is 2. The highest BCUT2D eigenvalue weighted by Gasteiger charge is 2.17. The van der Waals surface area contributed by atoms with Crippen molar-refractivity contribution < 1.29 is 9.53 Å². The van der Waals surface area contributed by atoms with Crippen molar-refractivity contribution in [3.8, 4) is 17.1 Å². The normalized spacial score (nSPS) is 10.9. The third kappa shape index (κ3) is 5.74. The fourth-order valence-electron chi connectivity index (χ4n) is 2.76. The van der Waals surface area contributed by atoms with Gasteiger partial charge >= 0.3 is 0 Å². The molecule has 2 aromatic carbocycles. The lowest BCUT2D eigenvalue weighted by atomic mass is 10.2. The van der Waals surface area contributed by atoms with Gasteiger partial charge in [0.2, 0.25) is 11.0 Å². The molecule has 2 heterocycles. The molecule has 1 amide bonds. The predicted molar refractivity (Wildman–Crippen MR) is 129 cm³/mol. The number of nitrogens with zero attached hydrogens (tertiary/aromatic N) is 5. The maximum absolute atomic E-state index is 12.5. The van der Waals surface area contributed by atoms with Crippen molar-refractivity contribution in [2.24, 2.45) is 0 Å². The number of anilines is 1. The van der Waals surface area contributed by atoms with Gasteiger partial charge in [0.05, 0.1) is 12.4 Å². The highest BCUT2D eigenvalue weighted by Crippen LogP contribution is 2.29. The van der Waals surface area contributed by atoms with E-state index in [9.17, 15) is 4.79 Å². The zero-order chi connectivity index (χ0) is 22.2. The largest absolute Gasteiger partial charge is 0.384 e. The molecule has 0 fully saturated rings. The minimum absolute atomic E-state index is 0.172. The molecule has 0 atom stereocenters. The number of benzene rings is 2. The second-order valence-electron chi connectivity index (χ2n) is 6.39.